The number of carbonyl (C=O) groups is 1. The van der Waals surface area contributed by atoms with Crippen molar-refractivity contribution in [3.05, 3.63) is 34.7 Å². The van der Waals surface area contributed by atoms with E-state index in [1.807, 2.05) is 23.6 Å². The van der Waals surface area contributed by atoms with Gasteiger partial charge < -0.3 is 15.2 Å². The molecule has 2 aromatic rings. The maximum Gasteiger partial charge on any atom is 0.272 e. The van der Waals surface area contributed by atoms with Gasteiger partial charge in [-0.1, -0.05) is 0 Å². The number of rotatable bonds is 3. The first-order valence-electron chi connectivity index (χ1n) is 9.63. The molecular weight excluding hydrogens is 328 g/mol. The van der Waals surface area contributed by atoms with E-state index in [4.69, 9.17) is 0 Å². The summed E-state index contributed by atoms with van der Waals surface area (Å²) in [6, 6.07) is 0.113. The second-order valence-electron chi connectivity index (χ2n) is 7.57. The van der Waals surface area contributed by atoms with Crippen molar-refractivity contribution in [2.75, 3.05) is 19.6 Å². The Hall–Kier alpha value is -2.15. The average molecular weight is 356 g/mol. The standard InChI is InChI=1S/C19H28N6O/c1-12-17(13(2)24(3)23-12)16-5-4-10-25(16)19(26)15-11-21-18(22-15)14-6-8-20-9-7-14/h11,14,16,20H,4-10H2,1-3H3,(H,21,22). The van der Waals surface area contributed by atoms with Crippen molar-refractivity contribution in [3.63, 3.8) is 0 Å². The number of hydrogen-bond donors (Lipinski definition) is 2. The van der Waals surface area contributed by atoms with Gasteiger partial charge in [0.1, 0.15) is 11.5 Å². The molecule has 2 saturated heterocycles. The molecule has 0 saturated carbocycles. The first-order valence-corrected chi connectivity index (χ1v) is 9.63. The Bertz CT molecular complexity index is 801. The zero-order chi connectivity index (χ0) is 18.3. The van der Waals surface area contributed by atoms with Gasteiger partial charge >= 0.3 is 0 Å². The molecule has 0 bridgehead atoms. The Morgan fingerprint density at radius 1 is 1.23 bits per heavy atom. The lowest BCUT2D eigenvalue weighted by Crippen LogP contribution is -2.31. The smallest absolute Gasteiger partial charge is 0.272 e. The van der Waals surface area contributed by atoms with Crippen molar-refractivity contribution >= 4 is 5.91 Å². The maximum atomic E-state index is 13.2. The van der Waals surface area contributed by atoms with Crippen molar-refractivity contribution < 1.29 is 4.79 Å². The van der Waals surface area contributed by atoms with Crippen LogP contribution in [0, 0.1) is 13.8 Å². The predicted molar refractivity (Wildman–Crippen MR) is 99.1 cm³/mol. The molecule has 0 aliphatic carbocycles. The number of aromatic nitrogens is 4. The molecule has 4 rings (SSSR count). The van der Waals surface area contributed by atoms with Crippen LogP contribution in [0.15, 0.2) is 6.20 Å². The Kier molecular flexibility index (Phi) is 4.56. The summed E-state index contributed by atoms with van der Waals surface area (Å²) in [4.78, 5) is 23.0. The highest BCUT2D eigenvalue weighted by Crippen LogP contribution is 2.36. The van der Waals surface area contributed by atoms with E-state index in [1.54, 1.807) is 6.20 Å². The summed E-state index contributed by atoms with van der Waals surface area (Å²) < 4.78 is 1.91. The van der Waals surface area contributed by atoms with E-state index in [1.165, 1.54) is 5.56 Å². The lowest BCUT2D eigenvalue weighted by molar-refractivity contribution is 0.0729. The van der Waals surface area contributed by atoms with Gasteiger partial charge in [0.05, 0.1) is 17.9 Å². The van der Waals surface area contributed by atoms with Gasteiger partial charge in [0.25, 0.3) is 5.91 Å². The fourth-order valence-electron chi connectivity index (χ4n) is 4.48. The number of aromatic amines is 1. The molecule has 0 radical (unpaired) electrons. The summed E-state index contributed by atoms with van der Waals surface area (Å²) in [5.41, 5.74) is 3.99. The fourth-order valence-corrected chi connectivity index (χ4v) is 4.48. The molecule has 1 atom stereocenters. The molecule has 4 heterocycles. The minimum atomic E-state index is 0.0582. The van der Waals surface area contributed by atoms with E-state index in [2.05, 4.69) is 27.3 Å². The molecular formula is C19H28N6O. The quantitative estimate of drug-likeness (QED) is 0.884. The summed E-state index contributed by atoms with van der Waals surface area (Å²) >= 11 is 0. The van der Waals surface area contributed by atoms with E-state index in [0.29, 0.717) is 11.6 Å². The van der Waals surface area contributed by atoms with Crippen molar-refractivity contribution in [3.8, 4) is 0 Å². The molecule has 2 aliphatic heterocycles. The van der Waals surface area contributed by atoms with Gasteiger partial charge in [0, 0.05) is 30.8 Å². The number of likely N-dealkylation sites (tertiary alicyclic amines) is 1. The van der Waals surface area contributed by atoms with E-state index in [0.717, 1.165) is 62.5 Å². The first kappa shape index (κ1) is 17.3. The first-order chi connectivity index (χ1) is 12.6. The average Bonchev–Trinajstić information content (AvgIpc) is 3.36. The van der Waals surface area contributed by atoms with Crippen molar-refractivity contribution in [2.24, 2.45) is 7.05 Å². The van der Waals surface area contributed by atoms with Crippen LogP contribution in [0.4, 0.5) is 0 Å². The predicted octanol–water partition coefficient (Wildman–Crippen LogP) is 2.20. The number of nitrogens with zero attached hydrogens (tertiary/aromatic N) is 4. The van der Waals surface area contributed by atoms with Gasteiger partial charge in [0.2, 0.25) is 0 Å². The Balaban J connectivity index is 1.56. The van der Waals surface area contributed by atoms with E-state index in [9.17, 15) is 4.79 Å². The SMILES string of the molecule is Cc1nn(C)c(C)c1C1CCCN1C(=O)c1cnc(C2CCNCC2)[nH]1. The number of aryl methyl sites for hydroxylation is 2. The Morgan fingerprint density at radius 3 is 2.69 bits per heavy atom. The number of imidazole rings is 1. The zero-order valence-electron chi connectivity index (χ0n) is 15.9. The van der Waals surface area contributed by atoms with Crippen LogP contribution in [0.5, 0.6) is 0 Å². The van der Waals surface area contributed by atoms with Gasteiger partial charge in [-0.2, -0.15) is 5.10 Å². The molecule has 26 heavy (non-hydrogen) atoms. The molecule has 1 unspecified atom stereocenters. The third kappa shape index (κ3) is 2.94. The minimum absolute atomic E-state index is 0.0582. The van der Waals surface area contributed by atoms with Crippen LogP contribution in [0.3, 0.4) is 0 Å². The van der Waals surface area contributed by atoms with Crippen molar-refractivity contribution in [1.82, 2.24) is 30.0 Å². The van der Waals surface area contributed by atoms with Crippen molar-refractivity contribution in [1.29, 1.82) is 0 Å². The van der Waals surface area contributed by atoms with Gasteiger partial charge in [-0.3, -0.25) is 9.48 Å². The van der Waals surface area contributed by atoms with E-state index >= 15 is 0 Å². The van der Waals surface area contributed by atoms with Gasteiger partial charge in [-0.05, 0) is 52.6 Å². The van der Waals surface area contributed by atoms with Crippen LogP contribution in [0.2, 0.25) is 0 Å². The number of carbonyl (C=O) groups excluding carboxylic acids is 1. The van der Waals surface area contributed by atoms with Crippen molar-refractivity contribution in [2.45, 2.75) is 51.5 Å². The topological polar surface area (TPSA) is 78.8 Å². The number of H-pyrrole nitrogens is 1. The van der Waals surface area contributed by atoms with Gasteiger partial charge in [0.15, 0.2) is 0 Å². The zero-order valence-corrected chi connectivity index (χ0v) is 15.9. The number of amides is 1. The molecule has 0 aromatic carbocycles. The van der Waals surface area contributed by atoms with Crippen LogP contribution < -0.4 is 5.32 Å². The number of piperidine rings is 1. The highest BCUT2D eigenvalue weighted by atomic mass is 16.2. The number of hydrogen-bond acceptors (Lipinski definition) is 4. The monoisotopic (exact) mass is 356 g/mol. The number of nitrogens with one attached hydrogen (secondary N) is 2. The minimum Gasteiger partial charge on any atom is -0.338 e. The summed E-state index contributed by atoms with van der Waals surface area (Å²) in [5, 5.41) is 7.91. The molecule has 2 aliphatic rings. The van der Waals surface area contributed by atoms with Crippen LogP contribution in [-0.2, 0) is 7.05 Å². The molecule has 0 spiro atoms. The lowest BCUT2D eigenvalue weighted by Gasteiger charge is -2.25. The lowest BCUT2D eigenvalue weighted by atomic mass is 9.98. The second-order valence-corrected chi connectivity index (χ2v) is 7.57. The molecule has 2 N–H and O–H groups in total. The Labute approximate surface area is 154 Å². The molecule has 7 nitrogen and oxygen atoms in total. The van der Waals surface area contributed by atoms with Gasteiger partial charge in [-0.25, -0.2) is 4.98 Å². The third-order valence-electron chi connectivity index (χ3n) is 5.96. The molecule has 140 valence electrons. The maximum absolute atomic E-state index is 13.2. The largest absolute Gasteiger partial charge is 0.338 e. The summed E-state index contributed by atoms with van der Waals surface area (Å²) in [6.45, 7) is 6.94. The van der Waals surface area contributed by atoms with E-state index in [-0.39, 0.29) is 11.9 Å². The third-order valence-corrected chi connectivity index (χ3v) is 5.96. The van der Waals surface area contributed by atoms with E-state index < -0.39 is 0 Å². The van der Waals surface area contributed by atoms with Gasteiger partial charge in [-0.15, -0.1) is 0 Å². The van der Waals surface area contributed by atoms with Crippen LogP contribution >= 0.6 is 0 Å². The Morgan fingerprint density at radius 2 is 2.00 bits per heavy atom. The molecule has 2 aromatic heterocycles. The highest BCUT2D eigenvalue weighted by molar-refractivity contribution is 5.92. The molecule has 7 heteroatoms. The summed E-state index contributed by atoms with van der Waals surface area (Å²) in [7, 11) is 1.97. The van der Waals surface area contributed by atoms with Crippen LogP contribution in [0.25, 0.3) is 0 Å². The summed E-state index contributed by atoms with van der Waals surface area (Å²) in [5.74, 6) is 1.44. The normalized spacial score (nSPS) is 21.5. The highest BCUT2D eigenvalue weighted by Gasteiger charge is 2.34. The van der Waals surface area contributed by atoms with Crippen LogP contribution in [-0.4, -0.2) is 50.2 Å². The van der Waals surface area contributed by atoms with Crippen LogP contribution in [0.1, 0.15) is 70.9 Å². The molecule has 1 amide bonds. The fraction of sp³-hybridized carbons (Fsp3) is 0.632. The molecule has 2 fully saturated rings. The summed E-state index contributed by atoms with van der Waals surface area (Å²) in [6.07, 6.45) is 5.88. The second kappa shape index (κ2) is 6.87.